The zero-order valence-corrected chi connectivity index (χ0v) is 18.2. The van der Waals surface area contributed by atoms with E-state index in [-0.39, 0.29) is 23.4 Å². The molecule has 1 N–H and O–H groups in total. The molecule has 1 aliphatic rings. The van der Waals surface area contributed by atoms with Crippen LogP contribution < -0.4 is 10.1 Å². The highest BCUT2D eigenvalue weighted by atomic mass is 32.2. The number of ether oxygens (including phenoxy) is 1. The summed E-state index contributed by atoms with van der Waals surface area (Å²) in [6.45, 7) is 0.670. The van der Waals surface area contributed by atoms with Gasteiger partial charge < -0.3 is 10.1 Å². The molecule has 1 aromatic carbocycles. The number of alkyl halides is 2. The van der Waals surface area contributed by atoms with Gasteiger partial charge in [-0.25, -0.2) is 13.6 Å². The topological polar surface area (TPSA) is 93.5 Å². The normalized spacial score (nSPS) is 17.1. The minimum atomic E-state index is -3.30. The Labute approximate surface area is 180 Å². The SMILES string of the molecule is CN=S(C)(=O)/C=C/C(NC(=O)c1cnc(C(C)(F)F)nc1Oc1ccccc1)C1CC1. The number of carbonyl (C=O) groups excluding carboxylic acids is 1. The number of carbonyl (C=O) groups is 1. The highest BCUT2D eigenvalue weighted by Gasteiger charge is 2.33. The number of benzene rings is 1. The standard InChI is InChI=1S/C21H24F2N4O3S/c1-21(22,23)20-25-13-16(19(27-20)30-15-7-5-4-6-8-15)18(28)26-17(14-9-10-14)11-12-31(3,29)24-2/h4-8,11-14,17H,9-10H2,1-3H3,(H,26,28)/b12-11+. The van der Waals surface area contributed by atoms with Crippen molar-refractivity contribution >= 4 is 15.6 Å². The number of hydrogen-bond donors (Lipinski definition) is 1. The van der Waals surface area contributed by atoms with E-state index >= 15 is 0 Å². The molecular weight excluding hydrogens is 426 g/mol. The zero-order valence-electron chi connectivity index (χ0n) is 17.4. The molecule has 3 rings (SSSR count). The molecule has 1 aliphatic carbocycles. The lowest BCUT2D eigenvalue weighted by molar-refractivity contribution is 0.00707. The van der Waals surface area contributed by atoms with Gasteiger partial charge in [0.2, 0.25) is 11.7 Å². The molecule has 2 unspecified atom stereocenters. The monoisotopic (exact) mass is 450 g/mol. The number of halogens is 2. The summed E-state index contributed by atoms with van der Waals surface area (Å²) in [7, 11) is -1.02. The molecule has 0 saturated heterocycles. The molecule has 1 amide bonds. The van der Waals surface area contributed by atoms with Gasteiger partial charge in [-0.15, -0.1) is 0 Å². The third-order valence-corrected chi connectivity index (χ3v) is 6.06. The van der Waals surface area contributed by atoms with Gasteiger partial charge in [-0.2, -0.15) is 13.8 Å². The van der Waals surface area contributed by atoms with Crippen molar-refractivity contribution in [3.05, 3.63) is 59.4 Å². The molecular formula is C21H24F2N4O3S. The summed E-state index contributed by atoms with van der Waals surface area (Å²) in [6, 6.07) is 8.05. The van der Waals surface area contributed by atoms with Crippen molar-refractivity contribution in [2.45, 2.75) is 31.7 Å². The molecule has 166 valence electrons. The van der Waals surface area contributed by atoms with E-state index < -0.39 is 27.4 Å². The lowest BCUT2D eigenvalue weighted by Gasteiger charge is -2.17. The van der Waals surface area contributed by atoms with Crippen LogP contribution in [0.25, 0.3) is 0 Å². The Balaban J connectivity index is 1.90. The van der Waals surface area contributed by atoms with E-state index in [0.717, 1.165) is 19.0 Å². The largest absolute Gasteiger partial charge is 0.438 e. The number of rotatable bonds is 8. The minimum Gasteiger partial charge on any atom is -0.438 e. The van der Waals surface area contributed by atoms with Crippen LogP contribution in [0.5, 0.6) is 11.6 Å². The van der Waals surface area contributed by atoms with Crippen LogP contribution in [0.2, 0.25) is 0 Å². The van der Waals surface area contributed by atoms with Gasteiger partial charge in [-0.1, -0.05) is 24.3 Å². The Morgan fingerprint density at radius 2 is 2.03 bits per heavy atom. The van der Waals surface area contributed by atoms with Crippen LogP contribution in [-0.2, 0) is 15.7 Å². The fourth-order valence-electron chi connectivity index (χ4n) is 2.71. The van der Waals surface area contributed by atoms with Crippen LogP contribution in [0.1, 0.15) is 35.9 Å². The van der Waals surface area contributed by atoms with Gasteiger partial charge in [-0.3, -0.25) is 4.79 Å². The average Bonchev–Trinajstić information content (AvgIpc) is 3.56. The van der Waals surface area contributed by atoms with Crippen molar-refractivity contribution in [2.75, 3.05) is 13.3 Å². The Kier molecular flexibility index (Phi) is 6.68. The second-order valence-corrected chi connectivity index (χ2v) is 9.78. The second-order valence-electron chi connectivity index (χ2n) is 7.42. The van der Waals surface area contributed by atoms with Crippen molar-refractivity contribution in [3.63, 3.8) is 0 Å². The first-order valence-electron chi connectivity index (χ1n) is 9.66. The molecule has 0 bridgehead atoms. The summed E-state index contributed by atoms with van der Waals surface area (Å²) in [5, 5.41) is 4.32. The van der Waals surface area contributed by atoms with Crippen LogP contribution in [0.3, 0.4) is 0 Å². The van der Waals surface area contributed by atoms with Crippen LogP contribution in [0.15, 0.2) is 52.4 Å². The average molecular weight is 451 g/mol. The number of amides is 1. The van der Waals surface area contributed by atoms with E-state index in [1.54, 1.807) is 36.4 Å². The van der Waals surface area contributed by atoms with E-state index in [9.17, 15) is 17.8 Å². The van der Waals surface area contributed by atoms with Gasteiger partial charge in [0.05, 0.1) is 15.8 Å². The number of hydrogen-bond acceptors (Lipinski definition) is 6. The van der Waals surface area contributed by atoms with Crippen molar-refractivity contribution < 1.29 is 22.5 Å². The van der Waals surface area contributed by atoms with E-state index in [1.165, 1.54) is 18.7 Å². The second kappa shape index (κ2) is 9.09. The predicted molar refractivity (Wildman–Crippen MR) is 114 cm³/mol. The van der Waals surface area contributed by atoms with Crippen molar-refractivity contribution in [1.82, 2.24) is 15.3 Å². The first-order chi connectivity index (χ1) is 14.6. The van der Waals surface area contributed by atoms with Gasteiger partial charge in [0.15, 0.2) is 0 Å². The molecule has 31 heavy (non-hydrogen) atoms. The first-order valence-corrected chi connectivity index (χ1v) is 11.7. The number of nitrogens with zero attached hydrogens (tertiary/aromatic N) is 3. The molecule has 2 aromatic rings. The van der Waals surface area contributed by atoms with E-state index in [0.29, 0.717) is 12.7 Å². The summed E-state index contributed by atoms with van der Waals surface area (Å²) in [6.07, 6.45) is 6.02. The Morgan fingerprint density at radius 1 is 1.35 bits per heavy atom. The van der Waals surface area contributed by atoms with Crippen molar-refractivity contribution in [2.24, 2.45) is 10.3 Å². The highest BCUT2D eigenvalue weighted by Crippen LogP contribution is 2.34. The number of nitrogens with one attached hydrogen (secondary N) is 1. The Morgan fingerprint density at radius 3 is 2.61 bits per heavy atom. The first kappa shape index (κ1) is 22.8. The third-order valence-electron chi connectivity index (χ3n) is 4.68. The van der Waals surface area contributed by atoms with Gasteiger partial charge in [0.1, 0.15) is 11.3 Å². The summed E-state index contributed by atoms with van der Waals surface area (Å²) in [5.41, 5.74) is -0.0756. The zero-order chi connectivity index (χ0) is 22.6. The Hall–Kier alpha value is -2.88. The van der Waals surface area contributed by atoms with E-state index in [4.69, 9.17) is 4.74 Å². The maximum atomic E-state index is 13.7. The van der Waals surface area contributed by atoms with Gasteiger partial charge in [-0.05, 0) is 30.9 Å². The molecule has 0 radical (unpaired) electrons. The molecule has 2 atom stereocenters. The molecule has 0 spiro atoms. The summed E-state index contributed by atoms with van der Waals surface area (Å²) in [5.74, 6) is -4.34. The van der Waals surface area contributed by atoms with Gasteiger partial charge in [0.25, 0.3) is 5.91 Å². The molecule has 1 fully saturated rings. The lowest BCUT2D eigenvalue weighted by Crippen LogP contribution is -2.35. The number of aromatic nitrogens is 2. The maximum Gasteiger partial charge on any atom is 0.303 e. The predicted octanol–water partition coefficient (Wildman–Crippen LogP) is 4.13. The van der Waals surface area contributed by atoms with E-state index in [2.05, 4.69) is 19.6 Å². The van der Waals surface area contributed by atoms with Crippen LogP contribution in [0.4, 0.5) is 8.78 Å². The molecule has 1 aromatic heterocycles. The van der Waals surface area contributed by atoms with Gasteiger partial charge >= 0.3 is 5.92 Å². The summed E-state index contributed by atoms with van der Waals surface area (Å²) < 4.78 is 49.1. The Bertz CT molecular complexity index is 1090. The van der Waals surface area contributed by atoms with Crippen LogP contribution in [-0.4, -0.2) is 39.4 Å². The smallest absolute Gasteiger partial charge is 0.303 e. The fourth-order valence-corrected chi connectivity index (χ4v) is 3.29. The molecule has 7 nitrogen and oxygen atoms in total. The van der Waals surface area contributed by atoms with Crippen molar-refractivity contribution in [3.8, 4) is 11.6 Å². The third kappa shape index (κ3) is 6.30. The van der Waals surface area contributed by atoms with Gasteiger partial charge in [0, 0.05) is 31.8 Å². The molecule has 0 aliphatic heterocycles. The highest BCUT2D eigenvalue weighted by molar-refractivity contribution is 7.95. The van der Waals surface area contributed by atoms with Crippen LogP contribution >= 0.6 is 0 Å². The summed E-state index contributed by atoms with van der Waals surface area (Å²) >= 11 is 0. The quantitative estimate of drug-likeness (QED) is 0.653. The summed E-state index contributed by atoms with van der Waals surface area (Å²) in [4.78, 5) is 20.4. The molecule has 1 saturated carbocycles. The molecule has 1 heterocycles. The minimum absolute atomic E-state index is 0.0756. The van der Waals surface area contributed by atoms with Crippen molar-refractivity contribution in [1.29, 1.82) is 0 Å². The number of para-hydroxylation sites is 1. The van der Waals surface area contributed by atoms with E-state index in [1.807, 2.05) is 0 Å². The lowest BCUT2D eigenvalue weighted by atomic mass is 10.1. The molecule has 10 heteroatoms. The fraction of sp³-hybridized carbons (Fsp3) is 0.381. The maximum absolute atomic E-state index is 13.7. The van der Waals surface area contributed by atoms with Crippen LogP contribution in [0, 0.1) is 5.92 Å².